The van der Waals surface area contributed by atoms with E-state index in [2.05, 4.69) is 201 Å². The van der Waals surface area contributed by atoms with Gasteiger partial charge in [0, 0.05) is 18.0 Å². The molecular formula is C50H46N2O. The fourth-order valence-electron chi connectivity index (χ4n) is 8.33. The minimum atomic E-state index is -0.0853. The molecule has 0 bridgehead atoms. The van der Waals surface area contributed by atoms with Crippen molar-refractivity contribution in [3.8, 4) is 5.75 Å². The summed E-state index contributed by atoms with van der Waals surface area (Å²) >= 11 is 0. The highest BCUT2D eigenvalue weighted by Gasteiger charge is 2.38. The van der Waals surface area contributed by atoms with E-state index in [0.717, 1.165) is 34.1 Å². The molecule has 3 nitrogen and oxygen atoms in total. The molecule has 2 atom stereocenters. The maximum Gasteiger partial charge on any atom is 0.119 e. The highest BCUT2D eigenvalue weighted by molar-refractivity contribution is 5.76. The SMILES string of the molecule is C=C1N2C(=CN1c1c(C(c3ccccc3)c3ccccc3)cc(OC)cc1C(c1ccccc1)c1ccccc1)C=CC=C2C1=CC=C(C)C(C)[C@H]1C. The zero-order valence-electron chi connectivity index (χ0n) is 31.0. The summed E-state index contributed by atoms with van der Waals surface area (Å²) < 4.78 is 6.21. The van der Waals surface area contributed by atoms with Gasteiger partial charge in [0.05, 0.1) is 24.2 Å². The molecule has 0 spiro atoms. The zero-order valence-corrected chi connectivity index (χ0v) is 31.0. The van der Waals surface area contributed by atoms with Crippen LogP contribution in [0.2, 0.25) is 0 Å². The average Bonchev–Trinajstić information content (AvgIpc) is 3.54. The van der Waals surface area contributed by atoms with Crippen molar-refractivity contribution >= 4 is 5.69 Å². The summed E-state index contributed by atoms with van der Waals surface area (Å²) in [5.41, 5.74) is 13.3. The second kappa shape index (κ2) is 14.5. The second-order valence-electron chi connectivity index (χ2n) is 14.4. The number of ether oxygens (including phenoxy) is 1. The van der Waals surface area contributed by atoms with E-state index in [4.69, 9.17) is 11.3 Å². The van der Waals surface area contributed by atoms with Crippen LogP contribution >= 0.6 is 0 Å². The van der Waals surface area contributed by atoms with Crippen LogP contribution in [0.3, 0.4) is 0 Å². The van der Waals surface area contributed by atoms with E-state index in [9.17, 15) is 0 Å². The lowest BCUT2D eigenvalue weighted by molar-refractivity contribution is 0.413. The summed E-state index contributed by atoms with van der Waals surface area (Å²) in [6.45, 7) is 11.8. The van der Waals surface area contributed by atoms with Gasteiger partial charge in [0.15, 0.2) is 0 Å². The van der Waals surface area contributed by atoms with Gasteiger partial charge in [-0.3, -0.25) is 4.90 Å². The zero-order chi connectivity index (χ0) is 36.5. The van der Waals surface area contributed by atoms with Crippen LogP contribution in [0.1, 0.15) is 66.0 Å². The summed E-state index contributed by atoms with van der Waals surface area (Å²) in [6.07, 6.45) is 13.5. The Morgan fingerprint density at radius 2 is 1.09 bits per heavy atom. The second-order valence-corrected chi connectivity index (χ2v) is 14.4. The normalized spacial score (nSPS) is 18.1. The molecule has 1 unspecified atom stereocenters. The number of hydrogen-bond donors (Lipinski definition) is 0. The van der Waals surface area contributed by atoms with Gasteiger partial charge in [-0.15, -0.1) is 0 Å². The predicted molar refractivity (Wildman–Crippen MR) is 220 cm³/mol. The molecule has 0 saturated carbocycles. The highest BCUT2D eigenvalue weighted by Crippen LogP contribution is 2.51. The topological polar surface area (TPSA) is 15.7 Å². The molecule has 0 fully saturated rings. The van der Waals surface area contributed by atoms with E-state index in [1.54, 1.807) is 7.11 Å². The lowest BCUT2D eigenvalue weighted by Crippen LogP contribution is -2.29. The van der Waals surface area contributed by atoms with Crippen LogP contribution in [0.5, 0.6) is 5.75 Å². The smallest absolute Gasteiger partial charge is 0.119 e. The third-order valence-electron chi connectivity index (χ3n) is 11.4. The molecule has 0 aromatic heterocycles. The minimum absolute atomic E-state index is 0.0853. The third kappa shape index (κ3) is 6.27. The number of rotatable bonds is 9. The van der Waals surface area contributed by atoms with Crippen molar-refractivity contribution < 1.29 is 4.74 Å². The maximum atomic E-state index is 6.21. The monoisotopic (exact) mass is 690 g/mol. The predicted octanol–water partition coefficient (Wildman–Crippen LogP) is 12.1. The van der Waals surface area contributed by atoms with Crippen molar-refractivity contribution in [2.45, 2.75) is 32.6 Å². The van der Waals surface area contributed by atoms with Gasteiger partial charge in [-0.05, 0) is 82.0 Å². The van der Waals surface area contributed by atoms with Gasteiger partial charge >= 0.3 is 0 Å². The number of allylic oxidation sites excluding steroid dienone is 7. The summed E-state index contributed by atoms with van der Waals surface area (Å²) in [6, 6.07) is 47.9. The van der Waals surface area contributed by atoms with Gasteiger partial charge in [-0.2, -0.15) is 0 Å². The molecule has 53 heavy (non-hydrogen) atoms. The molecule has 0 saturated heterocycles. The molecular weight excluding hydrogens is 645 g/mol. The van der Waals surface area contributed by atoms with Gasteiger partial charge in [-0.25, -0.2) is 0 Å². The third-order valence-corrected chi connectivity index (χ3v) is 11.4. The number of hydrogen-bond acceptors (Lipinski definition) is 3. The Hall–Kier alpha value is -6.06. The first-order valence-electron chi connectivity index (χ1n) is 18.6. The first-order valence-corrected chi connectivity index (χ1v) is 18.6. The molecule has 0 amide bonds. The van der Waals surface area contributed by atoms with Gasteiger partial charge in [-0.1, -0.05) is 166 Å². The van der Waals surface area contributed by atoms with Gasteiger partial charge < -0.3 is 9.64 Å². The van der Waals surface area contributed by atoms with E-state index >= 15 is 0 Å². The Labute approximate surface area is 314 Å². The molecule has 2 heterocycles. The number of fused-ring (bicyclic) bond motifs is 1. The van der Waals surface area contributed by atoms with Crippen molar-refractivity contribution in [2.24, 2.45) is 11.8 Å². The van der Waals surface area contributed by atoms with Crippen LogP contribution in [-0.4, -0.2) is 12.0 Å². The van der Waals surface area contributed by atoms with Crippen LogP contribution in [-0.2, 0) is 0 Å². The van der Waals surface area contributed by atoms with Crippen molar-refractivity contribution in [3.63, 3.8) is 0 Å². The van der Waals surface area contributed by atoms with Gasteiger partial charge in [0.2, 0.25) is 0 Å². The van der Waals surface area contributed by atoms with Crippen molar-refractivity contribution in [3.05, 3.63) is 238 Å². The fourth-order valence-corrected chi connectivity index (χ4v) is 8.33. The number of anilines is 1. The standard InChI is InChI=1S/C50H46N2O/c1-34-29-30-44(36(3)35(34)2)47-28-18-27-42-33-51(37(4)52(42)47)50-45(48(38-19-10-6-11-20-38)39-21-12-7-13-22-39)31-43(53-5)32-46(50)49(40-23-14-8-15-24-40)41-25-16-9-17-26-41/h6-33,35-36,48-49H,4H2,1-3,5H3/t35?,36-/m1/s1. The minimum Gasteiger partial charge on any atom is -0.497 e. The summed E-state index contributed by atoms with van der Waals surface area (Å²) in [5, 5.41) is 0. The van der Waals surface area contributed by atoms with E-state index < -0.39 is 0 Å². The molecule has 262 valence electrons. The Kier molecular flexibility index (Phi) is 9.33. The first-order chi connectivity index (χ1) is 25.9. The van der Waals surface area contributed by atoms with Gasteiger partial charge in [0.25, 0.3) is 0 Å². The first kappa shape index (κ1) is 34.0. The fraction of sp³-hybridized carbons (Fsp3) is 0.160. The Balaban J connectivity index is 1.40. The van der Waals surface area contributed by atoms with Crippen molar-refractivity contribution in [2.75, 3.05) is 12.0 Å². The molecule has 3 heteroatoms. The lowest BCUT2D eigenvalue weighted by atomic mass is 9.78. The highest BCUT2D eigenvalue weighted by atomic mass is 16.5. The molecule has 0 radical (unpaired) electrons. The van der Waals surface area contributed by atoms with Crippen molar-refractivity contribution in [1.29, 1.82) is 0 Å². The number of methoxy groups -OCH3 is 1. The van der Waals surface area contributed by atoms with Crippen LogP contribution in [0.4, 0.5) is 5.69 Å². The maximum absolute atomic E-state index is 6.21. The van der Waals surface area contributed by atoms with E-state index in [0.29, 0.717) is 11.8 Å². The van der Waals surface area contributed by atoms with Crippen LogP contribution < -0.4 is 9.64 Å². The van der Waals surface area contributed by atoms with Crippen molar-refractivity contribution in [1.82, 2.24) is 4.90 Å². The Bertz CT molecular complexity index is 2100. The number of nitrogens with zero attached hydrogens (tertiary/aromatic N) is 2. The van der Waals surface area contributed by atoms with Gasteiger partial charge in [0.1, 0.15) is 11.6 Å². The average molecular weight is 691 g/mol. The summed E-state index contributed by atoms with van der Waals surface area (Å²) in [4.78, 5) is 4.70. The van der Waals surface area contributed by atoms with E-state index in [1.807, 2.05) is 0 Å². The number of benzene rings is 5. The molecule has 2 aliphatic heterocycles. The molecule has 5 aromatic carbocycles. The molecule has 1 aliphatic carbocycles. The van der Waals surface area contributed by atoms with E-state index in [1.165, 1.54) is 39.1 Å². The molecule has 0 N–H and O–H groups in total. The van der Waals surface area contributed by atoms with Crippen LogP contribution in [0.15, 0.2) is 205 Å². The molecule has 5 aromatic rings. The lowest BCUT2D eigenvalue weighted by Gasteiger charge is -2.37. The summed E-state index contributed by atoms with van der Waals surface area (Å²) in [7, 11) is 1.78. The Morgan fingerprint density at radius 1 is 0.623 bits per heavy atom. The largest absolute Gasteiger partial charge is 0.497 e. The van der Waals surface area contributed by atoms with Crippen LogP contribution in [0.25, 0.3) is 0 Å². The molecule has 3 aliphatic rings. The Morgan fingerprint density at radius 3 is 1.55 bits per heavy atom. The summed E-state index contributed by atoms with van der Waals surface area (Å²) in [5.74, 6) is 2.37. The van der Waals surface area contributed by atoms with E-state index in [-0.39, 0.29) is 11.8 Å². The molecule has 8 rings (SSSR count). The van der Waals surface area contributed by atoms with Crippen LogP contribution in [0, 0.1) is 11.8 Å². The quantitative estimate of drug-likeness (QED) is 0.143.